The van der Waals surface area contributed by atoms with Gasteiger partial charge >= 0.3 is 0 Å². The molecule has 0 aromatic carbocycles. The molecule has 0 unspecified atom stereocenters. The normalized spacial score (nSPS) is 10.3. The van der Waals surface area contributed by atoms with Crippen molar-refractivity contribution in [3.63, 3.8) is 0 Å². The molecular weight excluding hydrogens is 264 g/mol. The molecule has 0 saturated carbocycles. The second-order valence-corrected chi connectivity index (χ2v) is 4.73. The van der Waals surface area contributed by atoms with Crippen molar-refractivity contribution in [2.24, 2.45) is 11.5 Å². The summed E-state index contributed by atoms with van der Waals surface area (Å²) in [7, 11) is 0. The molecule has 0 atom stereocenters. The first-order valence-corrected chi connectivity index (χ1v) is 6.09. The van der Waals surface area contributed by atoms with Gasteiger partial charge in [-0.1, -0.05) is 12.2 Å². The van der Waals surface area contributed by atoms with E-state index in [1.807, 2.05) is 0 Å². The highest BCUT2D eigenvalue weighted by atomic mass is 32.1. The molecule has 19 heavy (non-hydrogen) atoms. The predicted octanol–water partition coefficient (Wildman–Crippen LogP) is 0.0517. The maximum atomic E-state index is 12.2. The first-order chi connectivity index (χ1) is 8.82. The second-order valence-electron chi connectivity index (χ2n) is 4.29. The van der Waals surface area contributed by atoms with E-state index in [9.17, 15) is 9.59 Å². The van der Waals surface area contributed by atoms with Crippen molar-refractivity contribution in [2.75, 3.05) is 6.54 Å². The topological polar surface area (TPSA) is 102 Å². The zero-order chi connectivity index (χ0) is 14.6. The molecule has 1 heterocycles. The molecule has 4 N–H and O–H groups in total. The maximum Gasteiger partial charge on any atom is 0.273 e. The number of primary amides is 1. The Morgan fingerprint density at radius 3 is 2.37 bits per heavy atom. The molecule has 2 amide bonds. The lowest BCUT2D eigenvalue weighted by Crippen LogP contribution is -2.43. The third-order valence-electron chi connectivity index (χ3n) is 2.48. The molecule has 0 saturated heterocycles. The molecule has 7 heteroatoms. The highest BCUT2D eigenvalue weighted by Gasteiger charge is 2.21. The monoisotopic (exact) mass is 280 g/mol. The lowest BCUT2D eigenvalue weighted by atomic mass is 10.2. The molecule has 0 aliphatic rings. The smallest absolute Gasteiger partial charge is 0.273 e. The number of rotatable bonds is 5. The van der Waals surface area contributed by atoms with E-state index < -0.39 is 5.91 Å². The molecule has 102 valence electrons. The third kappa shape index (κ3) is 3.99. The Labute approximate surface area is 116 Å². The quantitative estimate of drug-likeness (QED) is 0.742. The number of aromatic nitrogens is 1. The minimum absolute atomic E-state index is 0.144. The van der Waals surface area contributed by atoms with Crippen LogP contribution in [0.4, 0.5) is 0 Å². The van der Waals surface area contributed by atoms with E-state index in [0.717, 1.165) is 0 Å². The van der Waals surface area contributed by atoms with Crippen molar-refractivity contribution in [1.82, 2.24) is 9.88 Å². The number of carbonyl (C=O) groups excluding carboxylic acids is 2. The van der Waals surface area contributed by atoms with Crippen molar-refractivity contribution in [3.8, 4) is 0 Å². The number of pyridine rings is 1. The standard InChI is InChI=1S/C12H16N4O2S/c1-7(2)16(6-10(13)17)12(18)9-4-3-8(5-15-9)11(14)19/h3-5,7H,6H2,1-2H3,(H2,13,17)(H2,14,19). The van der Waals surface area contributed by atoms with Crippen LogP contribution in [-0.2, 0) is 4.79 Å². The van der Waals surface area contributed by atoms with E-state index >= 15 is 0 Å². The Morgan fingerprint density at radius 1 is 1.37 bits per heavy atom. The fraction of sp³-hybridized carbons (Fsp3) is 0.333. The molecule has 0 bridgehead atoms. The first kappa shape index (κ1) is 15.0. The summed E-state index contributed by atoms with van der Waals surface area (Å²) in [4.78, 5) is 28.7. The highest BCUT2D eigenvalue weighted by molar-refractivity contribution is 7.80. The summed E-state index contributed by atoms with van der Waals surface area (Å²) < 4.78 is 0. The van der Waals surface area contributed by atoms with Gasteiger partial charge in [-0.05, 0) is 26.0 Å². The lowest BCUT2D eigenvalue weighted by molar-refractivity contribution is -0.119. The molecule has 0 aliphatic carbocycles. The molecule has 1 aromatic rings. The summed E-state index contributed by atoms with van der Waals surface area (Å²) in [6.07, 6.45) is 1.43. The van der Waals surface area contributed by atoms with Crippen molar-refractivity contribution in [3.05, 3.63) is 29.6 Å². The average molecular weight is 280 g/mol. The molecule has 1 aromatic heterocycles. The van der Waals surface area contributed by atoms with Crippen LogP contribution in [0.5, 0.6) is 0 Å². The number of amides is 2. The number of hydrogen-bond acceptors (Lipinski definition) is 4. The minimum atomic E-state index is -0.568. The minimum Gasteiger partial charge on any atom is -0.389 e. The summed E-state index contributed by atoms with van der Waals surface area (Å²) in [5.74, 6) is -0.926. The van der Waals surface area contributed by atoms with Gasteiger partial charge in [0.25, 0.3) is 5.91 Å². The van der Waals surface area contributed by atoms with Gasteiger partial charge in [0.2, 0.25) is 5.91 Å². The largest absolute Gasteiger partial charge is 0.389 e. The SMILES string of the molecule is CC(C)N(CC(N)=O)C(=O)c1ccc(C(N)=S)cn1. The fourth-order valence-corrected chi connectivity index (χ4v) is 1.59. The Kier molecular flexibility index (Phi) is 4.94. The van der Waals surface area contributed by atoms with E-state index in [2.05, 4.69) is 4.98 Å². The summed E-state index contributed by atoms with van der Waals surface area (Å²) in [5.41, 5.74) is 11.4. The number of nitrogens with zero attached hydrogens (tertiary/aromatic N) is 2. The first-order valence-electron chi connectivity index (χ1n) is 5.68. The number of nitrogens with two attached hydrogens (primary N) is 2. The van der Waals surface area contributed by atoms with Gasteiger partial charge in [0.15, 0.2) is 0 Å². The average Bonchev–Trinajstić information content (AvgIpc) is 2.34. The van der Waals surface area contributed by atoms with Gasteiger partial charge in [0.1, 0.15) is 10.7 Å². The van der Waals surface area contributed by atoms with Gasteiger partial charge in [-0.25, -0.2) is 0 Å². The fourth-order valence-electron chi connectivity index (χ4n) is 1.47. The number of hydrogen-bond donors (Lipinski definition) is 2. The van der Waals surface area contributed by atoms with Crippen LogP contribution >= 0.6 is 12.2 Å². The van der Waals surface area contributed by atoms with Crippen molar-refractivity contribution in [2.45, 2.75) is 19.9 Å². The molecule has 6 nitrogen and oxygen atoms in total. The van der Waals surface area contributed by atoms with Crippen molar-refractivity contribution < 1.29 is 9.59 Å². The molecule has 0 radical (unpaired) electrons. The van der Waals surface area contributed by atoms with E-state index in [1.54, 1.807) is 19.9 Å². The maximum absolute atomic E-state index is 12.2. The van der Waals surface area contributed by atoms with Gasteiger partial charge in [-0.15, -0.1) is 0 Å². The zero-order valence-electron chi connectivity index (χ0n) is 10.8. The molecule has 0 spiro atoms. The van der Waals surface area contributed by atoms with E-state index in [1.165, 1.54) is 17.2 Å². The number of carbonyl (C=O) groups is 2. The summed E-state index contributed by atoms with van der Waals surface area (Å²) >= 11 is 4.80. The van der Waals surface area contributed by atoms with Crippen LogP contribution in [0.15, 0.2) is 18.3 Å². The van der Waals surface area contributed by atoms with Crippen LogP contribution in [0.1, 0.15) is 29.9 Å². The number of thiocarbonyl (C=S) groups is 1. The molecule has 1 rings (SSSR count). The van der Waals surface area contributed by atoms with Crippen LogP contribution in [0.3, 0.4) is 0 Å². The van der Waals surface area contributed by atoms with Gasteiger partial charge in [-0.3, -0.25) is 14.6 Å². The van der Waals surface area contributed by atoms with Crippen LogP contribution in [0, 0.1) is 0 Å². The van der Waals surface area contributed by atoms with E-state index in [4.69, 9.17) is 23.7 Å². The Balaban J connectivity index is 2.96. The summed E-state index contributed by atoms with van der Waals surface area (Å²) in [6, 6.07) is 2.98. The van der Waals surface area contributed by atoms with Crippen LogP contribution < -0.4 is 11.5 Å². The highest BCUT2D eigenvalue weighted by Crippen LogP contribution is 2.07. The zero-order valence-corrected chi connectivity index (χ0v) is 11.6. The van der Waals surface area contributed by atoms with E-state index in [0.29, 0.717) is 5.56 Å². The second kappa shape index (κ2) is 6.24. The Hall–Kier alpha value is -2.02. The van der Waals surface area contributed by atoms with Crippen LogP contribution in [0.25, 0.3) is 0 Å². The van der Waals surface area contributed by atoms with Gasteiger partial charge in [-0.2, -0.15) is 0 Å². The van der Waals surface area contributed by atoms with Crippen LogP contribution in [-0.4, -0.2) is 39.3 Å². The molecular formula is C12H16N4O2S. The van der Waals surface area contributed by atoms with Crippen molar-refractivity contribution >= 4 is 29.0 Å². The Bertz CT molecular complexity index is 499. The molecule has 0 aliphatic heterocycles. The predicted molar refractivity (Wildman–Crippen MR) is 75.5 cm³/mol. The van der Waals surface area contributed by atoms with Gasteiger partial charge in [0.05, 0.1) is 6.54 Å². The van der Waals surface area contributed by atoms with Gasteiger partial charge < -0.3 is 16.4 Å². The van der Waals surface area contributed by atoms with Crippen LogP contribution in [0.2, 0.25) is 0 Å². The lowest BCUT2D eigenvalue weighted by Gasteiger charge is -2.24. The third-order valence-corrected chi connectivity index (χ3v) is 2.71. The Morgan fingerprint density at radius 2 is 2.00 bits per heavy atom. The van der Waals surface area contributed by atoms with Crippen molar-refractivity contribution in [1.29, 1.82) is 0 Å². The van der Waals surface area contributed by atoms with E-state index in [-0.39, 0.29) is 29.2 Å². The molecule has 0 fully saturated rings. The summed E-state index contributed by atoms with van der Waals surface area (Å²) in [5, 5.41) is 0. The van der Waals surface area contributed by atoms with Gasteiger partial charge in [0, 0.05) is 17.8 Å². The summed E-state index contributed by atoms with van der Waals surface area (Å²) in [6.45, 7) is 3.45.